The monoisotopic (exact) mass is 252 g/mol. The summed E-state index contributed by atoms with van der Waals surface area (Å²) in [6, 6.07) is 0.420. The summed E-state index contributed by atoms with van der Waals surface area (Å²) in [6.45, 7) is 12.2. The maximum absolute atomic E-state index is 12.2. The molecular weight excluding hydrogens is 224 g/mol. The number of hydrogen-bond acceptors (Lipinski definition) is 2. The molecule has 1 amide bonds. The molecule has 2 aliphatic rings. The minimum Gasteiger partial charge on any atom is -0.339 e. The van der Waals surface area contributed by atoms with Gasteiger partial charge in [0.15, 0.2) is 0 Å². The van der Waals surface area contributed by atoms with Crippen LogP contribution in [0.25, 0.3) is 0 Å². The molecule has 3 heteroatoms. The normalized spacial score (nSPS) is 33.1. The van der Waals surface area contributed by atoms with Crippen LogP contribution < -0.4 is 0 Å². The maximum atomic E-state index is 12.2. The Bertz CT molecular complexity index is 330. The minimum atomic E-state index is 0.165. The zero-order valence-electron chi connectivity index (χ0n) is 12.8. The highest BCUT2D eigenvalue weighted by molar-refractivity contribution is 5.80. The summed E-state index contributed by atoms with van der Waals surface area (Å²) in [5, 5.41) is 0. The molecule has 0 bridgehead atoms. The van der Waals surface area contributed by atoms with Crippen molar-refractivity contribution in [2.75, 3.05) is 13.6 Å². The summed E-state index contributed by atoms with van der Waals surface area (Å²) >= 11 is 0. The summed E-state index contributed by atoms with van der Waals surface area (Å²) in [6.07, 6.45) is 3.21. The first-order valence-electron chi connectivity index (χ1n) is 7.19. The Labute approximate surface area is 112 Å². The first kappa shape index (κ1) is 13.9. The minimum absolute atomic E-state index is 0.165. The highest BCUT2D eigenvalue weighted by Gasteiger charge is 2.46. The van der Waals surface area contributed by atoms with Gasteiger partial charge in [-0.25, -0.2) is 0 Å². The Hall–Kier alpha value is -0.570. The van der Waals surface area contributed by atoms with Crippen LogP contribution in [0.1, 0.15) is 53.9 Å². The van der Waals surface area contributed by atoms with E-state index in [0.717, 1.165) is 25.8 Å². The molecule has 2 heterocycles. The number of likely N-dealkylation sites (tertiary alicyclic amines) is 2. The maximum Gasteiger partial charge on any atom is 0.225 e. The lowest BCUT2D eigenvalue weighted by Crippen LogP contribution is -2.62. The molecule has 0 aromatic heterocycles. The molecule has 104 valence electrons. The average Bonchev–Trinajstić information content (AvgIpc) is 2.55. The van der Waals surface area contributed by atoms with Gasteiger partial charge in [0.05, 0.1) is 0 Å². The average molecular weight is 252 g/mol. The van der Waals surface area contributed by atoms with E-state index in [2.05, 4.69) is 51.5 Å². The molecule has 0 N–H and O–H groups in total. The lowest BCUT2D eigenvalue weighted by molar-refractivity contribution is -0.136. The molecule has 2 fully saturated rings. The smallest absolute Gasteiger partial charge is 0.225 e. The van der Waals surface area contributed by atoms with Gasteiger partial charge >= 0.3 is 0 Å². The summed E-state index contributed by atoms with van der Waals surface area (Å²) in [7, 11) is 2.21. The fraction of sp³-hybridized carbons (Fsp3) is 0.933. The van der Waals surface area contributed by atoms with Crippen LogP contribution in [0.15, 0.2) is 0 Å². The molecule has 3 nitrogen and oxygen atoms in total. The van der Waals surface area contributed by atoms with E-state index in [4.69, 9.17) is 0 Å². The number of amides is 1. The van der Waals surface area contributed by atoms with Crippen molar-refractivity contribution in [3.63, 3.8) is 0 Å². The van der Waals surface area contributed by atoms with Gasteiger partial charge in [0.25, 0.3) is 0 Å². The van der Waals surface area contributed by atoms with Gasteiger partial charge in [-0.05, 0) is 54.0 Å². The third-order valence-corrected chi connectivity index (χ3v) is 5.23. The van der Waals surface area contributed by atoms with Crippen molar-refractivity contribution in [1.82, 2.24) is 9.80 Å². The molecule has 0 aromatic carbocycles. The first-order valence-corrected chi connectivity index (χ1v) is 7.19. The quantitative estimate of drug-likeness (QED) is 0.716. The summed E-state index contributed by atoms with van der Waals surface area (Å²) in [4.78, 5) is 16.8. The van der Waals surface area contributed by atoms with Crippen LogP contribution in [0.2, 0.25) is 0 Å². The molecule has 0 spiro atoms. The number of rotatable bonds is 1. The lowest BCUT2D eigenvalue weighted by Gasteiger charge is -2.55. The molecular formula is C15H28N2O. The SMILES string of the molecule is CC1CCN(C2CC(C)(C)N(C)C(C)(C)C2)C1=O. The number of piperidine rings is 1. The summed E-state index contributed by atoms with van der Waals surface area (Å²) < 4.78 is 0. The second-order valence-corrected chi connectivity index (χ2v) is 7.47. The van der Waals surface area contributed by atoms with E-state index in [1.165, 1.54) is 0 Å². The van der Waals surface area contributed by atoms with Crippen molar-refractivity contribution in [3.8, 4) is 0 Å². The van der Waals surface area contributed by atoms with E-state index in [0.29, 0.717) is 11.9 Å². The predicted molar refractivity (Wildman–Crippen MR) is 74.4 cm³/mol. The summed E-state index contributed by atoms with van der Waals surface area (Å²) in [5.74, 6) is 0.604. The Morgan fingerprint density at radius 3 is 2.00 bits per heavy atom. The van der Waals surface area contributed by atoms with E-state index >= 15 is 0 Å². The largest absolute Gasteiger partial charge is 0.339 e. The number of carbonyl (C=O) groups excluding carboxylic acids is 1. The molecule has 18 heavy (non-hydrogen) atoms. The van der Waals surface area contributed by atoms with E-state index < -0.39 is 0 Å². The first-order chi connectivity index (χ1) is 8.15. The topological polar surface area (TPSA) is 23.6 Å². The van der Waals surface area contributed by atoms with Gasteiger partial charge in [0.1, 0.15) is 0 Å². The number of carbonyl (C=O) groups is 1. The van der Waals surface area contributed by atoms with Crippen molar-refractivity contribution in [3.05, 3.63) is 0 Å². The Kier molecular flexibility index (Phi) is 3.25. The molecule has 1 unspecified atom stereocenters. The second-order valence-electron chi connectivity index (χ2n) is 7.47. The van der Waals surface area contributed by atoms with Crippen LogP contribution in [-0.2, 0) is 4.79 Å². The van der Waals surface area contributed by atoms with Crippen LogP contribution in [-0.4, -0.2) is 46.4 Å². The molecule has 1 atom stereocenters. The van der Waals surface area contributed by atoms with Crippen molar-refractivity contribution < 1.29 is 4.79 Å². The van der Waals surface area contributed by atoms with Gasteiger partial charge in [0, 0.05) is 29.6 Å². The zero-order chi connectivity index (χ0) is 13.7. The molecule has 0 radical (unpaired) electrons. The van der Waals surface area contributed by atoms with Crippen LogP contribution >= 0.6 is 0 Å². The van der Waals surface area contributed by atoms with Gasteiger partial charge in [0.2, 0.25) is 5.91 Å². The Morgan fingerprint density at radius 1 is 1.11 bits per heavy atom. The van der Waals surface area contributed by atoms with E-state index in [-0.39, 0.29) is 17.0 Å². The van der Waals surface area contributed by atoms with Gasteiger partial charge in [-0.15, -0.1) is 0 Å². The van der Waals surface area contributed by atoms with Gasteiger partial charge < -0.3 is 4.90 Å². The Morgan fingerprint density at radius 2 is 1.61 bits per heavy atom. The lowest BCUT2D eigenvalue weighted by atomic mass is 9.77. The van der Waals surface area contributed by atoms with E-state index in [1.54, 1.807) is 0 Å². The Balaban J connectivity index is 2.19. The third kappa shape index (κ3) is 2.18. The molecule has 2 saturated heterocycles. The van der Waals surface area contributed by atoms with Crippen molar-refractivity contribution in [1.29, 1.82) is 0 Å². The molecule has 0 aliphatic carbocycles. The second kappa shape index (κ2) is 4.22. The van der Waals surface area contributed by atoms with Gasteiger partial charge in [-0.2, -0.15) is 0 Å². The predicted octanol–water partition coefficient (Wildman–Crippen LogP) is 2.51. The van der Waals surface area contributed by atoms with Crippen LogP contribution in [0.4, 0.5) is 0 Å². The van der Waals surface area contributed by atoms with Crippen molar-refractivity contribution in [2.45, 2.75) is 71.0 Å². The fourth-order valence-electron chi connectivity index (χ4n) is 3.75. The van der Waals surface area contributed by atoms with Crippen molar-refractivity contribution in [2.24, 2.45) is 5.92 Å². The zero-order valence-corrected chi connectivity index (χ0v) is 12.8. The van der Waals surface area contributed by atoms with Crippen LogP contribution in [0.5, 0.6) is 0 Å². The fourth-order valence-corrected chi connectivity index (χ4v) is 3.75. The highest BCUT2D eigenvalue weighted by atomic mass is 16.2. The van der Waals surface area contributed by atoms with Crippen LogP contribution in [0, 0.1) is 5.92 Å². The molecule has 2 rings (SSSR count). The van der Waals surface area contributed by atoms with Crippen LogP contribution in [0.3, 0.4) is 0 Å². The number of hydrogen-bond donors (Lipinski definition) is 0. The van der Waals surface area contributed by atoms with Crippen molar-refractivity contribution >= 4 is 5.91 Å². The molecule has 0 saturated carbocycles. The van der Waals surface area contributed by atoms with E-state index in [1.807, 2.05) is 0 Å². The van der Waals surface area contributed by atoms with E-state index in [9.17, 15) is 4.79 Å². The van der Waals surface area contributed by atoms with Gasteiger partial charge in [-0.3, -0.25) is 9.69 Å². The summed E-state index contributed by atoms with van der Waals surface area (Å²) in [5.41, 5.74) is 0.330. The standard InChI is InChI=1S/C15H28N2O/c1-11-7-8-17(13(11)18)12-9-14(2,3)16(6)15(4,5)10-12/h11-12H,7-10H2,1-6H3. The molecule has 0 aromatic rings. The highest BCUT2D eigenvalue weighted by Crippen LogP contribution is 2.40. The molecule has 2 aliphatic heterocycles. The third-order valence-electron chi connectivity index (χ3n) is 5.23. The number of nitrogens with zero attached hydrogens (tertiary/aromatic N) is 2. The van der Waals surface area contributed by atoms with Gasteiger partial charge in [-0.1, -0.05) is 6.92 Å².